The second kappa shape index (κ2) is 10.2. The summed E-state index contributed by atoms with van der Waals surface area (Å²) in [5.74, 6) is 0. The van der Waals surface area contributed by atoms with E-state index in [0.29, 0.717) is 18.8 Å². The van der Waals surface area contributed by atoms with Gasteiger partial charge in [-0.05, 0) is 30.5 Å². The molecular formula is C16H27N3O2. The highest BCUT2D eigenvalue weighted by Crippen LogP contribution is 2.10. The lowest BCUT2D eigenvalue weighted by Crippen LogP contribution is -2.19. The zero-order valence-corrected chi connectivity index (χ0v) is 13.0. The van der Waals surface area contributed by atoms with Crippen LogP contribution >= 0.6 is 0 Å². The molecule has 0 aliphatic carbocycles. The highest BCUT2D eigenvalue weighted by molar-refractivity contribution is 5.47. The minimum absolute atomic E-state index is 0.194. The standard InChI is InChI=1S/C16H27N3O2/c1-3-4-5-16(20-2)21-12-14(18)11-19-15-8-6-13(10-17)7-9-15/h6-9,11,16,19H,3-5,10,12,17-18H2,1-2H3/b14-11-. The molecule has 1 aromatic rings. The van der Waals surface area contributed by atoms with E-state index in [1.807, 2.05) is 24.3 Å². The molecule has 5 nitrogen and oxygen atoms in total. The summed E-state index contributed by atoms with van der Waals surface area (Å²) in [4.78, 5) is 0. The first-order valence-corrected chi connectivity index (χ1v) is 7.34. The Labute approximate surface area is 127 Å². The van der Waals surface area contributed by atoms with Crippen molar-refractivity contribution in [3.05, 3.63) is 41.7 Å². The molecule has 1 aromatic carbocycles. The van der Waals surface area contributed by atoms with E-state index in [1.165, 1.54) is 0 Å². The summed E-state index contributed by atoms with van der Waals surface area (Å²) in [6.45, 7) is 3.03. The predicted molar refractivity (Wildman–Crippen MR) is 86.5 cm³/mol. The fraction of sp³-hybridized carbons (Fsp3) is 0.500. The van der Waals surface area contributed by atoms with Crippen molar-refractivity contribution >= 4 is 5.69 Å². The first-order chi connectivity index (χ1) is 10.2. The fourth-order valence-corrected chi connectivity index (χ4v) is 1.78. The summed E-state index contributed by atoms with van der Waals surface area (Å²) >= 11 is 0. The quantitative estimate of drug-likeness (QED) is 0.577. The van der Waals surface area contributed by atoms with Gasteiger partial charge in [0.05, 0.1) is 12.3 Å². The van der Waals surface area contributed by atoms with Gasteiger partial charge in [-0.15, -0.1) is 0 Å². The van der Waals surface area contributed by atoms with Crippen LogP contribution in [0.3, 0.4) is 0 Å². The Morgan fingerprint density at radius 2 is 2.05 bits per heavy atom. The molecule has 0 fully saturated rings. The van der Waals surface area contributed by atoms with E-state index in [1.54, 1.807) is 13.3 Å². The van der Waals surface area contributed by atoms with E-state index in [2.05, 4.69) is 12.2 Å². The molecule has 0 aromatic heterocycles. The summed E-state index contributed by atoms with van der Waals surface area (Å²) in [5, 5.41) is 3.13. The summed E-state index contributed by atoms with van der Waals surface area (Å²) in [6.07, 6.45) is 4.63. The first kappa shape index (κ1) is 17.5. The molecule has 0 heterocycles. The number of anilines is 1. The molecule has 1 rings (SSSR count). The van der Waals surface area contributed by atoms with Crippen LogP contribution in [0, 0.1) is 0 Å². The molecule has 118 valence electrons. The molecule has 0 radical (unpaired) electrons. The molecular weight excluding hydrogens is 266 g/mol. The zero-order valence-electron chi connectivity index (χ0n) is 13.0. The molecule has 1 atom stereocenters. The largest absolute Gasteiger partial charge is 0.399 e. The van der Waals surface area contributed by atoms with Gasteiger partial charge < -0.3 is 26.3 Å². The van der Waals surface area contributed by atoms with Crippen molar-refractivity contribution in [2.24, 2.45) is 11.5 Å². The number of unbranched alkanes of at least 4 members (excludes halogenated alkanes) is 1. The summed E-state index contributed by atoms with van der Waals surface area (Å²) < 4.78 is 10.9. The average molecular weight is 293 g/mol. The van der Waals surface area contributed by atoms with Gasteiger partial charge >= 0.3 is 0 Å². The molecule has 21 heavy (non-hydrogen) atoms. The van der Waals surface area contributed by atoms with E-state index in [0.717, 1.165) is 30.5 Å². The molecule has 0 aliphatic heterocycles. The van der Waals surface area contributed by atoms with E-state index in [4.69, 9.17) is 20.9 Å². The van der Waals surface area contributed by atoms with E-state index in [9.17, 15) is 0 Å². The van der Waals surface area contributed by atoms with Crippen molar-refractivity contribution in [2.45, 2.75) is 39.0 Å². The number of hydrogen-bond acceptors (Lipinski definition) is 5. The van der Waals surface area contributed by atoms with Crippen molar-refractivity contribution in [3.8, 4) is 0 Å². The average Bonchev–Trinajstić information content (AvgIpc) is 2.53. The van der Waals surface area contributed by atoms with E-state index >= 15 is 0 Å². The molecule has 1 unspecified atom stereocenters. The number of ether oxygens (including phenoxy) is 2. The molecule has 0 saturated carbocycles. The predicted octanol–water partition coefficient (Wildman–Crippen LogP) is 2.54. The normalized spacial score (nSPS) is 13.2. The highest BCUT2D eigenvalue weighted by Gasteiger charge is 2.06. The Kier molecular flexibility index (Phi) is 8.50. The van der Waals surface area contributed by atoms with Gasteiger partial charge in [0, 0.05) is 25.5 Å². The van der Waals surface area contributed by atoms with Crippen LogP contribution in [0.25, 0.3) is 0 Å². The number of methoxy groups -OCH3 is 1. The van der Waals surface area contributed by atoms with Crippen molar-refractivity contribution in [1.29, 1.82) is 0 Å². The van der Waals surface area contributed by atoms with Crippen LogP contribution in [0.5, 0.6) is 0 Å². The molecule has 0 amide bonds. The third-order valence-electron chi connectivity index (χ3n) is 3.11. The highest BCUT2D eigenvalue weighted by atomic mass is 16.7. The Balaban J connectivity index is 2.37. The fourth-order valence-electron chi connectivity index (χ4n) is 1.78. The van der Waals surface area contributed by atoms with Crippen molar-refractivity contribution in [2.75, 3.05) is 19.0 Å². The summed E-state index contributed by atoms with van der Waals surface area (Å²) in [6, 6.07) is 7.89. The minimum atomic E-state index is -0.194. The van der Waals surface area contributed by atoms with Crippen LogP contribution in [-0.4, -0.2) is 20.0 Å². The maximum atomic E-state index is 5.91. The SMILES string of the molecule is CCCCC(OC)OC/C(N)=C/Nc1ccc(CN)cc1. The lowest BCUT2D eigenvalue weighted by Gasteiger charge is -2.16. The lowest BCUT2D eigenvalue weighted by atomic mass is 10.2. The van der Waals surface area contributed by atoms with Gasteiger partial charge in [-0.25, -0.2) is 0 Å². The smallest absolute Gasteiger partial charge is 0.157 e. The summed E-state index contributed by atoms with van der Waals surface area (Å²) in [7, 11) is 1.65. The topological polar surface area (TPSA) is 82.5 Å². The number of hydrogen-bond donors (Lipinski definition) is 3. The minimum Gasteiger partial charge on any atom is -0.399 e. The van der Waals surface area contributed by atoms with Crippen LogP contribution in [0.2, 0.25) is 0 Å². The van der Waals surface area contributed by atoms with E-state index < -0.39 is 0 Å². The second-order valence-electron chi connectivity index (χ2n) is 4.88. The van der Waals surface area contributed by atoms with Crippen LogP contribution < -0.4 is 16.8 Å². The van der Waals surface area contributed by atoms with Crippen molar-refractivity contribution in [1.82, 2.24) is 0 Å². The number of benzene rings is 1. The number of nitrogens with two attached hydrogens (primary N) is 2. The molecule has 0 aliphatic rings. The van der Waals surface area contributed by atoms with Gasteiger partial charge in [-0.1, -0.05) is 25.5 Å². The Hall–Kier alpha value is -1.56. The molecule has 0 spiro atoms. The maximum absolute atomic E-state index is 5.91. The van der Waals surface area contributed by atoms with Crippen LogP contribution in [0.4, 0.5) is 5.69 Å². The van der Waals surface area contributed by atoms with Crippen LogP contribution in [-0.2, 0) is 16.0 Å². The van der Waals surface area contributed by atoms with Crippen LogP contribution in [0.15, 0.2) is 36.2 Å². The van der Waals surface area contributed by atoms with Crippen molar-refractivity contribution < 1.29 is 9.47 Å². The third kappa shape index (κ3) is 7.13. The number of nitrogens with one attached hydrogen (secondary N) is 1. The molecule has 5 N–H and O–H groups in total. The van der Waals surface area contributed by atoms with Gasteiger partial charge in [-0.2, -0.15) is 0 Å². The van der Waals surface area contributed by atoms with E-state index in [-0.39, 0.29) is 6.29 Å². The molecule has 5 heteroatoms. The Bertz CT molecular complexity index is 418. The first-order valence-electron chi connectivity index (χ1n) is 7.34. The molecule has 0 bridgehead atoms. The second-order valence-corrected chi connectivity index (χ2v) is 4.88. The Morgan fingerprint density at radius 1 is 1.33 bits per heavy atom. The Morgan fingerprint density at radius 3 is 2.62 bits per heavy atom. The van der Waals surface area contributed by atoms with Crippen LogP contribution in [0.1, 0.15) is 31.7 Å². The van der Waals surface area contributed by atoms with Gasteiger partial charge in [0.1, 0.15) is 0 Å². The zero-order chi connectivity index (χ0) is 15.5. The van der Waals surface area contributed by atoms with Gasteiger partial charge in [0.2, 0.25) is 0 Å². The lowest BCUT2D eigenvalue weighted by molar-refractivity contribution is -0.121. The third-order valence-corrected chi connectivity index (χ3v) is 3.11. The summed E-state index contributed by atoms with van der Waals surface area (Å²) in [5.41, 5.74) is 14.1. The maximum Gasteiger partial charge on any atom is 0.157 e. The monoisotopic (exact) mass is 293 g/mol. The van der Waals surface area contributed by atoms with Gasteiger partial charge in [0.25, 0.3) is 0 Å². The molecule has 0 saturated heterocycles. The van der Waals surface area contributed by atoms with Gasteiger partial charge in [0.15, 0.2) is 6.29 Å². The number of rotatable bonds is 10. The van der Waals surface area contributed by atoms with Gasteiger partial charge in [-0.3, -0.25) is 0 Å². The van der Waals surface area contributed by atoms with Crippen molar-refractivity contribution in [3.63, 3.8) is 0 Å².